The summed E-state index contributed by atoms with van der Waals surface area (Å²) in [6.45, 7) is 2.21. The zero-order chi connectivity index (χ0) is 26.5. The number of anilines is 1. The average Bonchev–Trinajstić information content (AvgIpc) is 3.59. The Labute approximate surface area is 223 Å². The molecule has 0 aliphatic carbocycles. The first-order valence-electron chi connectivity index (χ1n) is 12.1. The number of tetrazole rings is 1. The average molecular weight is 533 g/mol. The minimum atomic E-state index is -0.507. The van der Waals surface area contributed by atoms with E-state index in [2.05, 4.69) is 36.1 Å². The number of imidazole rings is 1. The molecular weight excluding hydrogens is 508 g/mol. The van der Waals surface area contributed by atoms with E-state index in [-0.39, 0.29) is 18.6 Å². The van der Waals surface area contributed by atoms with Gasteiger partial charge in [0.05, 0.1) is 35.9 Å². The second kappa shape index (κ2) is 11.3. The molecule has 11 nitrogen and oxygen atoms in total. The Balaban J connectivity index is 1.39. The Bertz CT molecular complexity index is 1480. The monoisotopic (exact) mass is 532 g/mol. The van der Waals surface area contributed by atoms with Gasteiger partial charge in [0, 0.05) is 22.2 Å². The van der Waals surface area contributed by atoms with Crippen LogP contribution in [0.5, 0.6) is 0 Å². The van der Waals surface area contributed by atoms with Crippen LogP contribution < -0.4 is 10.6 Å². The third-order valence-electron chi connectivity index (χ3n) is 6.06. The van der Waals surface area contributed by atoms with Gasteiger partial charge in [0.15, 0.2) is 0 Å². The molecule has 3 heterocycles. The minimum Gasteiger partial charge on any atom is -0.449 e. The maximum Gasteiger partial charge on any atom is 0.411 e. The van der Waals surface area contributed by atoms with Crippen LogP contribution in [0.2, 0.25) is 5.02 Å². The van der Waals surface area contributed by atoms with E-state index in [9.17, 15) is 9.59 Å². The van der Waals surface area contributed by atoms with Gasteiger partial charge in [-0.1, -0.05) is 23.7 Å². The van der Waals surface area contributed by atoms with Gasteiger partial charge in [-0.2, -0.15) is 4.68 Å². The molecule has 0 saturated heterocycles. The summed E-state index contributed by atoms with van der Waals surface area (Å²) in [5.41, 5.74) is 4.46. The number of hydrogen-bond donors (Lipinski definition) is 3. The Hall–Kier alpha value is -4.51. The van der Waals surface area contributed by atoms with Crippen molar-refractivity contribution in [2.75, 3.05) is 11.9 Å². The fourth-order valence-corrected chi connectivity index (χ4v) is 4.39. The molecular formula is C26H25ClN8O3. The lowest BCUT2D eigenvalue weighted by Crippen LogP contribution is -2.27. The standard InChI is InChI=1S/C26H25ClN8O3/c1-16-5-8-19-21(12-16)32-26(37)38-11-3-2-4-20(25-28-14-22(19)31-25)30-24(36)10-6-17-13-18(27)7-9-23(17)35-15-29-33-34-35/h5-10,12-15,20H,2-4,11H2,1H3,(H,28,31)(H,30,36)(H,32,37). The van der Waals surface area contributed by atoms with E-state index < -0.39 is 6.09 Å². The van der Waals surface area contributed by atoms with Crippen LogP contribution in [0.15, 0.2) is 55.0 Å². The molecule has 0 fully saturated rings. The predicted octanol–water partition coefficient (Wildman–Crippen LogP) is 4.62. The normalized spacial score (nSPS) is 15.9. The van der Waals surface area contributed by atoms with Crippen molar-refractivity contribution < 1.29 is 14.3 Å². The summed E-state index contributed by atoms with van der Waals surface area (Å²) in [4.78, 5) is 33.2. The van der Waals surface area contributed by atoms with Crippen molar-refractivity contribution in [3.63, 3.8) is 0 Å². The van der Waals surface area contributed by atoms with Gasteiger partial charge < -0.3 is 15.0 Å². The zero-order valence-electron chi connectivity index (χ0n) is 20.5. The zero-order valence-corrected chi connectivity index (χ0v) is 21.3. The molecule has 4 aromatic rings. The fraction of sp³-hybridized carbons (Fsp3) is 0.231. The lowest BCUT2D eigenvalue weighted by atomic mass is 10.1. The molecule has 2 amide bonds. The van der Waals surface area contributed by atoms with Crippen LogP contribution in [0.1, 0.15) is 42.3 Å². The fourth-order valence-electron chi connectivity index (χ4n) is 4.21. The van der Waals surface area contributed by atoms with Gasteiger partial charge in [-0.25, -0.2) is 9.78 Å². The van der Waals surface area contributed by atoms with Crippen molar-refractivity contribution >= 4 is 35.4 Å². The molecule has 1 atom stereocenters. The van der Waals surface area contributed by atoms with Crippen molar-refractivity contribution in [3.05, 3.63) is 77.0 Å². The second-order valence-corrected chi connectivity index (χ2v) is 9.28. The van der Waals surface area contributed by atoms with Crippen LogP contribution in [0, 0.1) is 6.92 Å². The van der Waals surface area contributed by atoms with Gasteiger partial charge in [-0.15, -0.1) is 5.10 Å². The SMILES string of the molecule is Cc1ccc2c(c1)NC(=O)OCCCCC(NC(=O)C=Cc1cc(Cl)ccc1-n1cnnn1)c1ncc-2[nH]1. The van der Waals surface area contributed by atoms with E-state index in [0.29, 0.717) is 52.7 Å². The van der Waals surface area contributed by atoms with Crippen LogP contribution in [-0.2, 0) is 9.53 Å². The number of H-pyrrole nitrogens is 1. The number of cyclic esters (lactones) is 1. The first-order valence-corrected chi connectivity index (χ1v) is 12.5. The molecule has 38 heavy (non-hydrogen) atoms. The highest BCUT2D eigenvalue weighted by atomic mass is 35.5. The number of aromatic amines is 1. The van der Waals surface area contributed by atoms with Crippen LogP contribution in [0.25, 0.3) is 23.0 Å². The Morgan fingerprint density at radius 3 is 2.97 bits per heavy atom. The van der Waals surface area contributed by atoms with E-state index in [1.807, 2.05) is 25.1 Å². The molecule has 194 valence electrons. The van der Waals surface area contributed by atoms with E-state index in [1.165, 1.54) is 17.1 Å². The summed E-state index contributed by atoms with van der Waals surface area (Å²) in [5.74, 6) is 0.320. The molecule has 0 saturated carbocycles. The summed E-state index contributed by atoms with van der Waals surface area (Å²) in [6.07, 6.45) is 7.71. The first kappa shape index (κ1) is 25.2. The number of ether oxygens (including phenoxy) is 1. The van der Waals surface area contributed by atoms with Crippen LogP contribution >= 0.6 is 11.6 Å². The van der Waals surface area contributed by atoms with E-state index >= 15 is 0 Å². The number of benzene rings is 2. The number of carbonyl (C=O) groups is 2. The maximum atomic E-state index is 13.0. The van der Waals surface area contributed by atoms with Gasteiger partial charge in [0.25, 0.3) is 0 Å². The van der Waals surface area contributed by atoms with Crippen LogP contribution in [-0.4, -0.2) is 48.8 Å². The van der Waals surface area contributed by atoms with Gasteiger partial charge in [0.1, 0.15) is 12.2 Å². The highest BCUT2D eigenvalue weighted by Crippen LogP contribution is 2.30. The number of nitrogens with zero attached hydrogens (tertiary/aromatic N) is 5. The van der Waals surface area contributed by atoms with Gasteiger partial charge in [-0.3, -0.25) is 10.1 Å². The van der Waals surface area contributed by atoms with Gasteiger partial charge in [0.2, 0.25) is 5.91 Å². The molecule has 1 unspecified atom stereocenters. The topological polar surface area (TPSA) is 140 Å². The summed E-state index contributed by atoms with van der Waals surface area (Å²) in [5, 5.41) is 17.6. The van der Waals surface area contributed by atoms with E-state index in [0.717, 1.165) is 11.1 Å². The molecule has 2 bridgehead atoms. The van der Waals surface area contributed by atoms with Crippen molar-refractivity contribution in [2.24, 2.45) is 0 Å². The molecule has 5 rings (SSSR count). The number of rotatable bonds is 4. The predicted molar refractivity (Wildman–Crippen MR) is 142 cm³/mol. The number of nitrogens with one attached hydrogen (secondary N) is 3. The molecule has 1 aliphatic rings. The largest absolute Gasteiger partial charge is 0.449 e. The van der Waals surface area contributed by atoms with Gasteiger partial charge >= 0.3 is 6.09 Å². The molecule has 0 spiro atoms. The summed E-state index contributed by atoms with van der Waals surface area (Å²) in [6, 6.07) is 10.6. The number of hydrogen-bond acceptors (Lipinski definition) is 7. The van der Waals surface area contributed by atoms with E-state index in [1.54, 1.807) is 30.5 Å². The Kier molecular flexibility index (Phi) is 7.45. The third kappa shape index (κ3) is 5.89. The van der Waals surface area contributed by atoms with Crippen molar-refractivity contribution in [1.29, 1.82) is 0 Å². The van der Waals surface area contributed by atoms with Gasteiger partial charge in [-0.05, 0) is 72.5 Å². The number of halogens is 1. The molecule has 2 aromatic carbocycles. The number of carbonyl (C=O) groups excluding carboxylic acids is 2. The Morgan fingerprint density at radius 1 is 1.24 bits per heavy atom. The highest BCUT2D eigenvalue weighted by molar-refractivity contribution is 6.30. The number of aryl methyl sites for hydroxylation is 1. The van der Waals surface area contributed by atoms with Crippen molar-refractivity contribution in [3.8, 4) is 16.9 Å². The summed E-state index contributed by atoms with van der Waals surface area (Å²) < 4.78 is 6.84. The summed E-state index contributed by atoms with van der Waals surface area (Å²) in [7, 11) is 0. The van der Waals surface area contributed by atoms with Crippen LogP contribution in [0.4, 0.5) is 10.5 Å². The molecule has 3 N–H and O–H groups in total. The molecule has 0 radical (unpaired) electrons. The smallest absolute Gasteiger partial charge is 0.411 e. The maximum absolute atomic E-state index is 13.0. The number of fused-ring (bicyclic) bond motifs is 4. The highest BCUT2D eigenvalue weighted by Gasteiger charge is 2.20. The molecule has 1 aliphatic heterocycles. The quantitative estimate of drug-likeness (QED) is 0.326. The lowest BCUT2D eigenvalue weighted by molar-refractivity contribution is -0.117. The second-order valence-electron chi connectivity index (χ2n) is 8.84. The minimum absolute atomic E-state index is 0.269. The lowest BCUT2D eigenvalue weighted by Gasteiger charge is -2.16. The van der Waals surface area contributed by atoms with Crippen LogP contribution in [0.3, 0.4) is 0 Å². The number of aromatic nitrogens is 6. The Morgan fingerprint density at radius 2 is 2.13 bits per heavy atom. The summed E-state index contributed by atoms with van der Waals surface area (Å²) >= 11 is 6.18. The molecule has 2 aromatic heterocycles. The van der Waals surface area contributed by atoms with E-state index in [4.69, 9.17) is 16.3 Å². The molecule has 12 heteroatoms. The number of amides is 2. The van der Waals surface area contributed by atoms with Crippen molar-refractivity contribution in [1.82, 2.24) is 35.5 Å². The van der Waals surface area contributed by atoms with Crippen molar-refractivity contribution in [2.45, 2.75) is 32.2 Å². The first-order chi connectivity index (χ1) is 18.5. The third-order valence-corrected chi connectivity index (χ3v) is 6.30.